The van der Waals surface area contributed by atoms with Gasteiger partial charge in [0.05, 0.1) is 0 Å². The van der Waals surface area contributed by atoms with Crippen molar-refractivity contribution in [1.29, 1.82) is 0 Å². The van der Waals surface area contributed by atoms with Crippen molar-refractivity contribution in [2.75, 3.05) is 5.32 Å². The van der Waals surface area contributed by atoms with Gasteiger partial charge in [0.1, 0.15) is 11.3 Å². The minimum Gasteiger partial charge on any atom is -0.481 e. The molecule has 1 heterocycles. The SMILES string of the molecule is Cc1ccc(NC(=O)[C@@H](C)Oc2ccc3c(C)cc(=O)oc3c2)cc1C. The third kappa shape index (κ3) is 3.77. The molecule has 0 fully saturated rings. The lowest BCUT2D eigenvalue weighted by atomic mass is 10.1. The van der Waals surface area contributed by atoms with Gasteiger partial charge in [-0.3, -0.25) is 4.79 Å². The Morgan fingerprint density at radius 2 is 1.77 bits per heavy atom. The number of aryl methyl sites for hydroxylation is 3. The van der Waals surface area contributed by atoms with E-state index in [4.69, 9.17) is 9.15 Å². The van der Waals surface area contributed by atoms with Gasteiger partial charge in [-0.25, -0.2) is 4.79 Å². The first-order valence-corrected chi connectivity index (χ1v) is 8.43. The molecule has 2 aromatic carbocycles. The van der Waals surface area contributed by atoms with Crippen molar-refractivity contribution >= 4 is 22.6 Å². The Hall–Kier alpha value is -3.08. The van der Waals surface area contributed by atoms with Crippen LogP contribution in [0.4, 0.5) is 5.69 Å². The first-order chi connectivity index (χ1) is 12.3. The molecule has 1 aromatic heterocycles. The van der Waals surface area contributed by atoms with Crippen LogP contribution in [0.15, 0.2) is 51.7 Å². The molecule has 0 bridgehead atoms. The lowest BCUT2D eigenvalue weighted by Gasteiger charge is -2.15. The molecule has 5 heteroatoms. The number of rotatable bonds is 4. The van der Waals surface area contributed by atoms with Crippen molar-refractivity contribution in [3.05, 3.63) is 69.6 Å². The standard InChI is InChI=1S/C21H21NO4/c1-12-5-6-16(9-13(12)2)22-21(24)15(4)25-17-7-8-18-14(3)10-20(23)26-19(18)11-17/h5-11,15H,1-4H3,(H,22,24)/t15-/m1/s1. The zero-order chi connectivity index (χ0) is 18.8. The number of ether oxygens (including phenoxy) is 1. The van der Waals surface area contributed by atoms with Gasteiger partial charge in [0.15, 0.2) is 6.10 Å². The summed E-state index contributed by atoms with van der Waals surface area (Å²) in [5.74, 6) is 0.216. The van der Waals surface area contributed by atoms with Crippen molar-refractivity contribution in [3.8, 4) is 5.75 Å². The summed E-state index contributed by atoms with van der Waals surface area (Å²) in [5, 5.41) is 3.69. The fourth-order valence-electron chi connectivity index (χ4n) is 2.70. The van der Waals surface area contributed by atoms with Crippen LogP contribution in [-0.2, 0) is 4.79 Å². The summed E-state index contributed by atoms with van der Waals surface area (Å²) in [7, 11) is 0. The lowest BCUT2D eigenvalue weighted by Crippen LogP contribution is -2.30. The topological polar surface area (TPSA) is 68.5 Å². The maximum absolute atomic E-state index is 12.4. The number of hydrogen-bond acceptors (Lipinski definition) is 4. The van der Waals surface area contributed by atoms with Gasteiger partial charge in [-0.1, -0.05) is 6.07 Å². The fourth-order valence-corrected chi connectivity index (χ4v) is 2.70. The summed E-state index contributed by atoms with van der Waals surface area (Å²) >= 11 is 0. The van der Waals surface area contributed by atoms with Crippen molar-refractivity contribution in [2.24, 2.45) is 0 Å². The molecule has 0 radical (unpaired) electrons. The van der Waals surface area contributed by atoms with E-state index < -0.39 is 11.7 Å². The number of hydrogen-bond donors (Lipinski definition) is 1. The Morgan fingerprint density at radius 3 is 2.50 bits per heavy atom. The van der Waals surface area contributed by atoms with Gasteiger partial charge < -0.3 is 14.5 Å². The lowest BCUT2D eigenvalue weighted by molar-refractivity contribution is -0.122. The highest BCUT2D eigenvalue weighted by molar-refractivity contribution is 5.94. The van der Waals surface area contributed by atoms with E-state index in [0.717, 1.165) is 22.2 Å². The second-order valence-electron chi connectivity index (χ2n) is 6.45. The van der Waals surface area contributed by atoms with E-state index >= 15 is 0 Å². The highest BCUT2D eigenvalue weighted by Crippen LogP contribution is 2.23. The molecule has 0 saturated carbocycles. The van der Waals surface area contributed by atoms with Gasteiger partial charge in [-0.05, 0) is 68.7 Å². The maximum Gasteiger partial charge on any atom is 0.336 e. The van der Waals surface area contributed by atoms with Crippen LogP contribution in [0.5, 0.6) is 5.75 Å². The van der Waals surface area contributed by atoms with E-state index in [1.165, 1.54) is 11.6 Å². The molecule has 1 amide bonds. The third-order valence-electron chi connectivity index (χ3n) is 4.38. The van der Waals surface area contributed by atoms with Crippen molar-refractivity contribution < 1.29 is 13.9 Å². The molecule has 5 nitrogen and oxygen atoms in total. The second-order valence-corrected chi connectivity index (χ2v) is 6.45. The molecule has 0 spiro atoms. The molecule has 0 saturated heterocycles. The molecule has 0 aliphatic heterocycles. The summed E-state index contributed by atoms with van der Waals surface area (Å²) in [6.45, 7) is 7.54. The van der Waals surface area contributed by atoms with Crippen molar-refractivity contribution in [3.63, 3.8) is 0 Å². The van der Waals surface area contributed by atoms with Crippen LogP contribution in [-0.4, -0.2) is 12.0 Å². The predicted octanol–water partition coefficient (Wildman–Crippen LogP) is 4.12. The summed E-state index contributed by atoms with van der Waals surface area (Å²) < 4.78 is 10.9. The van der Waals surface area contributed by atoms with Crippen LogP contribution in [0, 0.1) is 20.8 Å². The smallest absolute Gasteiger partial charge is 0.336 e. The molecular weight excluding hydrogens is 330 g/mol. The first-order valence-electron chi connectivity index (χ1n) is 8.43. The molecule has 3 rings (SSSR count). The number of benzene rings is 2. The van der Waals surface area contributed by atoms with E-state index in [0.29, 0.717) is 11.3 Å². The minimum atomic E-state index is -0.703. The van der Waals surface area contributed by atoms with Gasteiger partial charge in [-0.15, -0.1) is 0 Å². The summed E-state index contributed by atoms with van der Waals surface area (Å²) in [5.41, 5.74) is 3.87. The molecular formula is C21H21NO4. The van der Waals surface area contributed by atoms with Crippen LogP contribution in [0.3, 0.4) is 0 Å². The molecule has 26 heavy (non-hydrogen) atoms. The number of anilines is 1. The number of amides is 1. The van der Waals surface area contributed by atoms with E-state index in [-0.39, 0.29) is 5.91 Å². The molecule has 0 aliphatic rings. The Labute approximate surface area is 151 Å². The van der Waals surface area contributed by atoms with Crippen molar-refractivity contribution in [2.45, 2.75) is 33.8 Å². The number of nitrogens with one attached hydrogen (secondary N) is 1. The van der Waals surface area contributed by atoms with Crippen LogP contribution in [0.1, 0.15) is 23.6 Å². The highest BCUT2D eigenvalue weighted by atomic mass is 16.5. The predicted molar refractivity (Wildman–Crippen MR) is 102 cm³/mol. The van der Waals surface area contributed by atoms with Gasteiger partial charge >= 0.3 is 5.63 Å². The molecule has 0 unspecified atom stereocenters. The van der Waals surface area contributed by atoms with Gasteiger partial charge in [0.25, 0.3) is 5.91 Å². The largest absolute Gasteiger partial charge is 0.481 e. The van der Waals surface area contributed by atoms with E-state index in [1.807, 2.05) is 45.0 Å². The molecule has 134 valence electrons. The first kappa shape index (κ1) is 17.7. The van der Waals surface area contributed by atoms with Gasteiger partial charge in [0, 0.05) is 23.2 Å². The van der Waals surface area contributed by atoms with E-state index in [2.05, 4.69) is 5.32 Å². The van der Waals surface area contributed by atoms with Gasteiger partial charge in [0.2, 0.25) is 0 Å². The van der Waals surface area contributed by atoms with Crippen molar-refractivity contribution in [1.82, 2.24) is 0 Å². The highest BCUT2D eigenvalue weighted by Gasteiger charge is 2.16. The van der Waals surface area contributed by atoms with Gasteiger partial charge in [-0.2, -0.15) is 0 Å². The summed E-state index contributed by atoms with van der Waals surface area (Å²) in [6.07, 6.45) is -0.703. The van der Waals surface area contributed by atoms with Crippen LogP contribution in [0.25, 0.3) is 11.0 Å². The zero-order valence-corrected chi connectivity index (χ0v) is 15.3. The number of fused-ring (bicyclic) bond motifs is 1. The summed E-state index contributed by atoms with van der Waals surface area (Å²) in [4.78, 5) is 23.9. The average molecular weight is 351 g/mol. The Balaban J connectivity index is 1.75. The van der Waals surface area contributed by atoms with Crippen LogP contribution >= 0.6 is 0 Å². The molecule has 1 N–H and O–H groups in total. The second kappa shape index (κ2) is 7.04. The zero-order valence-electron chi connectivity index (χ0n) is 15.3. The fraction of sp³-hybridized carbons (Fsp3) is 0.238. The third-order valence-corrected chi connectivity index (χ3v) is 4.38. The molecule has 0 aliphatic carbocycles. The molecule has 3 aromatic rings. The van der Waals surface area contributed by atoms with E-state index in [9.17, 15) is 9.59 Å². The quantitative estimate of drug-likeness (QED) is 0.718. The summed E-state index contributed by atoms with van der Waals surface area (Å²) in [6, 6.07) is 12.4. The normalized spacial score (nSPS) is 12.0. The Morgan fingerprint density at radius 1 is 1.00 bits per heavy atom. The minimum absolute atomic E-state index is 0.251. The Kier molecular flexibility index (Phi) is 4.80. The van der Waals surface area contributed by atoms with Crippen LogP contribution in [0.2, 0.25) is 0 Å². The molecule has 1 atom stereocenters. The average Bonchev–Trinajstić information content (AvgIpc) is 2.57. The Bertz CT molecular complexity index is 1040. The van der Waals surface area contributed by atoms with Crippen LogP contribution < -0.4 is 15.7 Å². The number of carbonyl (C=O) groups is 1. The monoisotopic (exact) mass is 351 g/mol. The maximum atomic E-state index is 12.4. The number of carbonyl (C=O) groups excluding carboxylic acids is 1. The van der Waals surface area contributed by atoms with E-state index in [1.54, 1.807) is 19.1 Å².